The van der Waals surface area contributed by atoms with E-state index in [1.165, 1.54) is 29.7 Å². The normalized spacial score (nSPS) is 12.2. The van der Waals surface area contributed by atoms with E-state index < -0.39 is 9.84 Å². The van der Waals surface area contributed by atoms with Crippen LogP contribution in [0.2, 0.25) is 0 Å². The molecule has 102 valence electrons. The van der Waals surface area contributed by atoms with Gasteiger partial charge in [-0.2, -0.15) is 5.26 Å². The Kier molecular flexibility index (Phi) is 4.28. The van der Waals surface area contributed by atoms with Gasteiger partial charge in [0.05, 0.1) is 0 Å². The van der Waals surface area contributed by atoms with Crippen molar-refractivity contribution in [3.8, 4) is 6.07 Å². The summed E-state index contributed by atoms with van der Waals surface area (Å²) in [7, 11) is -3.88. The maximum Gasteiger partial charge on any atom is 0.233 e. The highest BCUT2D eigenvalue weighted by atomic mass is 32.2. The lowest BCUT2D eigenvalue weighted by molar-refractivity contribution is 0.600. The van der Waals surface area contributed by atoms with E-state index in [1.807, 2.05) is 6.92 Å². The van der Waals surface area contributed by atoms with E-state index >= 15 is 0 Å². The lowest BCUT2D eigenvalue weighted by Gasteiger charge is -2.00. The lowest BCUT2D eigenvalue weighted by atomic mass is 10.4. The Morgan fingerprint density at radius 1 is 1.50 bits per heavy atom. The fourth-order valence-electron chi connectivity index (χ4n) is 1.48. The molecule has 0 bridgehead atoms. The van der Waals surface area contributed by atoms with Gasteiger partial charge in [0.2, 0.25) is 9.84 Å². The van der Waals surface area contributed by atoms with Crippen LogP contribution in [0.5, 0.6) is 0 Å². The number of thiol groups is 1. The van der Waals surface area contributed by atoms with Crippen molar-refractivity contribution in [2.75, 3.05) is 0 Å². The SMILES string of the molecule is Cc1sc(C=C(C#N)S(=O)(=O)c2ccccn2)cc1S. The number of aryl methyl sites for hydroxylation is 1. The molecule has 0 saturated heterocycles. The molecule has 0 aliphatic heterocycles. The number of pyridine rings is 1. The molecule has 0 spiro atoms. The number of allylic oxidation sites excluding steroid dienone is 1. The van der Waals surface area contributed by atoms with Crippen LogP contribution >= 0.6 is 24.0 Å². The summed E-state index contributed by atoms with van der Waals surface area (Å²) in [6, 6.07) is 8.01. The Hall–Kier alpha value is -1.62. The first-order chi connectivity index (χ1) is 9.45. The van der Waals surface area contributed by atoms with Crippen LogP contribution in [-0.2, 0) is 9.84 Å². The van der Waals surface area contributed by atoms with Crippen molar-refractivity contribution in [2.45, 2.75) is 16.8 Å². The molecule has 2 aromatic heterocycles. The fourth-order valence-corrected chi connectivity index (χ4v) is 3.88. The van der Waals surface area contributed by atoms with E-state index in [1.54, 1.807) is 24.3 Å². The fraction of sp³-hybridized carbons (Fsp3) is 0.0769. The predicted octanol–water partition coefficient (Wildman–Crippen LogP) is 3.08. The molecule has 20 heavy (non-hydrogen) atoms. The third kappa shape index (κ3) is 2.93. The summed E-state index contributed by atoms with van der Waals surface area (Å²) in [5.41, 5.74) is 0. The van der Waals surface area contributed by atoms with E-state index in [9.17, 15) is 8.42 Å². The van der Waals surface area contributed by atoms with E-state index in [4.69, 9.17) is 5.26 Å². The number of aromatic nitrogens is 1. The zero-order chi connectivity index (χ0) is 14.8. The molecule has 0 unspecified atom stereocenters. The molecule has 0 aromatic carbocycles. The van der Waals surface area contributed by atoms with Gasteiger partial charge in [-0.15, -0.1) is 24.0 Å². The van der Waals surface area contributed by atoms with Crippen LogP contribution in [0.1, 0.15) is 9.75 Å². The van der Waals surface area contributed by atoms with Crippen molar-refractivity contribution in [2.24, 2.45) is 0 Å². The molecule has 0 radical (unpaired) electrons. The van der Waals surface area contributed by atoms with Gasteiger partial charge in [-0.1, -0.05) is 6.07 Å². The molecule has 2 rings (SSSR count). The third-order valence-corrected chi connectivity index (χ3v) is 5.69. The number of hydrogen-bond donors (Lipinski definition) is 1. The second kappa shape index (κ2) is 5.79. The average Bonchev–Trinajstić information content (AvgIpc) is 2.75. The van der Waals surface area contributed by atoms with Gasteiger partial charge in [-0.25, -0.2) is 13.4 Å². The van der Waals surface area contributed by atoms with Crippen molar-refractivity contribution >= 4 is 39.9 Å². The second-order valence-electron chi connectivity index (χ2n) is 3.88. The van der Waals surface area contributed by atoms with E-state index in [-0.39, 0.29) is 9.93 Å². The van der Waals surface area contributed by atoms with Gasteiger partial charge in [0.25, 0.3) is 0 Å². The zero-order valence-electron chi connectivity index (χ0n) is 10.4. The van der Waals surface area contributed by atoms with Gasteiger partial charge in [0.15, 0.2) is 9.93 Å². The maximum atomic E-state index is 12.3. The minimum Gasteiger partial charge on any atom is -0.244 e. The molecule has 0 aliphatic rings. The molecule has 7 heteroatoms. The van der Waals surface area contributed by atoms with Crippen LogP contribution < -0.4 is 0 Å². The van der Waals surface area contributed by atoms with Gasteiger partial charge in [-0.05, 0) is 31.2 Å². The van der Waals surface area contributed by atoms with Crippen LogP contribution in [0.3, 0.4) is 0 Å². The molecule has 2 aromatic rings. The van der Waals surface area contributed by atoms with Gasteiger partial charge in [0.1, 0.15) is 6.07 Å². The minimum atomic E-state index is -3.88. The summed E-state index contributed by atoms with van der Waals surface area (Å²) in [5, 5.41) is 8.99. The van der Waals surface area contributed by atoms with Crippen LogP contribution in [0.15, 0.2) is 45.3 Å². The zero-order valence-corrected chi connectivity index (χ0v) is 13.0. The summed E-state index contributed by atoms with van der Waals surface area (Å²) in [4.78, 5) is 5.87. The molecular weight excluding hydrogens is 312 g/mol. The van der Waals surface area contributed by atoms with Crippen LogP contribution in [0.25, 0.3) is 6.08 Å². The van der Waals surface area contributed by atoms with Crippen LogP contribution in [0.4, 0.5) is 0 Å². The van der Waals surface area contributed by atoms with Gasteiger partial charge in [-0.3, -0.25) is 0 Å². The topological polar surface area (TPSA) is 70.8 Å². The Balaban J connectivity index is 2.51. The summed E-state index contributed by atoms with van der Waals surface area (Å²) in [5.74, 6) is 0. The van der Waals surface area contributed by atoms with Gasteiger partial charge >= 0.3 is 0 Å². The number of sulfone groups is 1. The van der Waals surface area contributed by atoms with Crippen molar-refractivity contribution in [1.29, 1.82) is 5.26 Å². The van der Waals surface area contributed by atoms with Crippen LogP contribution in [0, 0.1) is 18.3 Å². The van der Waals surface area contributed by atoms with Gasteiger partial charge in [0, 0.05) is 20.8 Å². The summed E-state index contributed by atoms with van der Waals surface area (Å²) < 4.78 is 24.6. The van der Waals surface area contributed by atoms with Crippen molar-refractivity contribution in [3.63, 3.8) is 0 Å². The first-order valence-electron chi connectivity index (χ1n) is 5.52. The molecule has 0 saturated carbocycles. The van der Waals surface area contributed by atoms with Crippen molar-refractivity contribution < 1.29 is 8.42 Å². The lowest BCUT2D eigenvalue weighted by Crippen LogP contribution is -2.05. The van der Waals surface area contributed by atoms with Crippen molar-refractivity contribution in [3.05, 3.63) is 45.1 Å². The Labute approximate surface area is 126 Å². The third-order valence-electron chi connectivity index (χ3n) is 2.50. The highest BCUT2D eigenvalue weighted by molar-refractivity contribution is 7.95. The molecule has 4 nitrogen and oxygen atoms in total. The predicted molar refractivity (Wildman–Crippen MR) is 81.3 cm³/mol. The molecule has 0 atom stereocenters. The highest BCUT2D eigenvalue weighted by Gasteiger charge is 2.22. The average molecular weight is 322 g/mol. The summed E-state index contributed by atoms with van der Waals surface area (Å²) in [6.07, 6.45) is 2.73. The second-order valence-corrected chi connectivity index (χ2v) is 7.52. The molecule has 0 N–H and O–H groups in total. The summed E-state index contributed by atoms with van der Waals surface area (Å²) >= 11 is 5.63. The standard InChI is InChI=1S/C13H10N2O2S3/c1-9-12(18)7-10(19-9)6-11(8-14)20(16,17)13-4-2-3-5-15-13/h2-7,18H,1H3. The molecule has 0 amide bonds. The summed E-state index contributed by atoms with van der Waals surface area (Å²) in [6.45, 7) is 1.88. The number of nitriles is 1. The Bertz CT molecular complexity index is 780. The highest BCUT2D eigenvalue weighted by Crippen LogP contribution is 2.28. The monoisotopic (exact) mass is 322 g/mol. The molecule has 0 fully saturated rings. The maximum absolute atomic E-state index is 12.3. The molecule has 2 heterocycles. The largest absolute Gasteiger partial charge is 0.244 e. The quantitative estimate of drug-likeness (QED) is 0.696. The van der Waals surface area contributed by atoms with E-state index in [2.05, 4.69) is 17.6 Å². The van der Waals surface area contributed by atoms with E-state index in [0.717, 1.165) is 9.77 Å². The van der Waals surface area contributed by atoms with E-state index in [0.29, 0.717) is 4.88 Å². The Morgan fingerprint density at radius 3 is 2.75 bits per heavy atom. The number of rotatable bonds is 3. The van der Waals surface area contributed by atoms with Gasteiger partial charge < -0.3 is 0 Å². The Morgan fingerprint density at radius 2 is 2.25 bits per heavy atom. The molecule has 0 aliphatic carbocycles. The first-order valence-corrected chi connectivity index (χ1v) is 8.27. The molecular formula is C13H10N2O2S3. The number of thiophene rings is 1. The van der Waals surface area contributed by atoms with Crippen LogP contribution in [-0.4, -0.2) is 13.4 Å². The number of hydrogen-bond acceptors (Lipinski definition) is 6. The first kappa shape index (κ1) is 14.8. The number of nitrogens with zero attached hydrogens (tertiary/aromatic N) is 2. The minimum absolute atomic E-state index is 0.132. The smallest absolute Gasteiger partial charge is 0.233 e. The van der Waals surface area contributed by atoms with Crippen molar-refractivity contribution in [1.82, 2.24) is 4.98 Å².